The number of guanidine groups is 1. The normalized spacial score (nSPS) is 10.8. The molecule has 0 aliphatic heterocycles. The van der Waals surface area contributed by atoms with Crippen molar-refractivity contribution in [3.05, 3.63) is 65.2 Å². The number of methoxy groups -OCH3 is 1. The van der Waals surface area contributed by atoms with Crippen LogP contribution in [0.5, 0.6) is 5.75 Å². The maximum absolute atomic E-state index is 9.41. The fourth-order valence-corrected chi connectivity index (χ4v) is 2.60. The van der Waals surface area contributed by atoms with Crippen LogP contribution in [0.2, 0.25) is 0 Å². The van der Waals surface area contributed by atoms with Crippen LogP contribution in [-0.4, -0.2) is 31.3 Å². The van der Waals surface area contributed by atoms with Gasteiger partial charge in [-0.1, -0.05) is 42.5 Å². The molecule has 26 heavy (non-hydrogen) atoms. The monoisotopic (exact) mass is 469 g/mol. The largest absolute Gasteiger partial charge is 0.496 e. The molecule has 0 heterocycles. The third-order valence-electron chi connectivity index (χ3n) is 3.92. The van der Waals surface area contributed by atoms with Crippen LogP contribution >= 0.6 is 24.0 Å². The predicted molar refractivity (Wildman–Crippen MR) is 117 cm³/mol. The van der Waals surface area contributed by atoms with Gasteiger partial charge in [0.2, 0.25) is 0 Å². The second-order valence-corrected chi connectivity index (χ2v) is 5.61. The Morgan fingerprint density at radius 3 is 2.31 bits per heavy atom. The highest BCUT2D eigenvalue weighted by atomic mass is 127. The SMILES string of the molecule is CCNC(=NCc1ccccc1CO)NCCc1ccccc1OC.I. The number of benzene rings is 2. The lowest BCUT2D eigenvalue weighted by Crippen LogP contribution is -2.38. The minimum atomic E-state index is 0. The molecule has 0 spiro atoms. The second-order valence-electron chi connectivity index (χ2n) is 5.61. The number of nitrogens with zero attached hydrogens (tertiary/aromatic N) is 1. The number of aliphatic imine (C=N–C) groups is 1. The summed E-state index contributed by atoms with van der Waals surface area (Å²) in [6.45, 7) is 4.15. The van der Waals surface area contributed by atoms with Crippen molar-refractivity contribution >= 4 is 29.9 Å². The van der Waals surface area contributed by atoms with Gasteiger partial charge in [-0.3, -0.25) is 0 Å². The summed E-state index contributed by atoms with van der Waals surface area (Å²) in [4.78, 5) is 4.62. The highest BCUT2D eigenvalue weighted by Gasteiger charge is 2.04. The van der Waals surface area contributed by atoms with Gasteiger partial charge in [0.1, 0.15) is 5.75 Å². The molecule has 0 fully saturated rings. The third kappa shape index (κ3) is 6.84. The van der Waals surface area contributed by atoms with Crippen LogP contribution in [0.3, 0.4) is 0 Å². The first-order chi connectivity index (χ1) is 12.3. The molecular weight excluding hydrogens is 441 g/mol. The molecule has 2 aromatic carbocycles. The number of rotatable bonds is 8. The smallest absolute Gasteiger partial charge is 0.191 e. The zero-order chi connectivity index (χ0) is 17.9. The molecule has 3 N–H and O–H groups in total. The maximum Gasteiger partial charge on any atom is 0.191 e. The molecule has 0 aliphatic carbocycles. The van der Waals surface area contributed by atoms with Gasteiger partial charge in [0.15, 0.2) is 5.96 Å². The molecule has 0 bridgehead atoms. The predicted octanol–water partition coefficient (Wildman–Crippen LogP) is 3.10. The molecule has 0 amide bonds. The van der Waals surface area contributed by atoms with Gasteiger partial charge in [0.25, 0.3) is 0 Å². The topological polar surface area (TPSA) is 65.9 Å². The van der Waals surface area contributed by atoms with E-state index in [1.807, 2.05) is 49.4 Å². The van der Waals surface area contributed by atoms with Gasteiger partial charge in [-0.2, -0.15) is 0 Å². The Morgan fingerprint density at radius 2 is 1.65 bits per heavy atom. The van der Waals surface area contributed by atoms with E-state index in [0.29, 0.717) is 6.54 Å². The molecular formula is C20H28IN3O2. The van der Waals surface area contributed by atoms with Crippen molar-refractivity contribution in [3.8, 4) is 5.75 Å². The number of aliphatic hydroxyl groups is 1. The van der Waals surface area contributed by atoms with E-state index in [1.54, 1.807) is 7.11 Å². The van der Waals surface area contributed by atoms with E-state index in [4.69, 9.17) is 4.74 Å². The highest BCUT2D eigenvalue weighted by Crippen LogP contribution is 2.17. The Labute approximate surface area is 172 Å². The highest BCUT2D eigenvalue weighted by molar-refractivity contribution is 14.0. The minimum Gasteiger partial charge on any atom is -0.496 e. The quantitative estimate of drug-likeness (QED) is 0.316. The Hall–Kier alpha value is -1.80. The van der Waals surface area contributed by atoms with Crippen LogP contribution in [0.25, 0.3) is 0 Å². The van der Waals surface area contributed by atoms with Crippen molar-refractivity contribution in [2.45, 2.75) is 26.5 Å². The second kappa shape index (κ2) is 12.5. The van der Waals surface area contributed by atoms with Gasteiger partial charge in [-0.05, 0) is 36.1 Å². The fraction of sp³-hybridized carbons (Fsp3) is 0.350. The Kier molecular flexibility index (Phi) is 10.7. The summed E-state index contributed by atoms with van der Waals surface area (Å²) in [6, 6.07) is 15.8. The summed E-state index contributed by atoms with van der Waals surface area (Å²) >= 11 is 0. The zero-order valence-electron chi connectivity index (χ0n) is 15.4. The van der Waals surface area contributed by atoms with Crippen molar-refractivity contribution in [1.82, 2.24) is 10.6 Å². The van der Waals surface area contributed by atoms with Crippen molar-refractivity contribution in [2.75, 3.05) is 20.2 Å². The van der Waals surface area contributed by atoms with E-state index in [2.05, 4.69) is 21.7 Å². The van der Waals surface area contributed by atoms with E-state index in [1.165, 1.54) is 5.56 Å². The van der Waals surface area contributed by atoms with Crippen molar-refractivity contribution < 1.29 is 9.84 Å². The minimum absolute atomic E-state index is 0. The molecule has 0 radical (unpaired) electrons. The molecule has 2 rings (SSSR count). The molecule has 0 unspecified atom stereocenters. The van der Waals surface area contributed by atoms with Gasteiger partial charge >= 0.3 is 0 Å². The first-order valence-corrected chi connectivity index (χ1v) is 8.60. The maximum atomic E-state index is 9.41. The number of aliphatic hydroxyl groups excluding tert-OH is 1. The number of halogens is 1. The van der Waals surface area contributed by atoms with Crippen LogP contribution in [0.15, 0.2) is 53.5 Å². The van der Waals surface area contributed by atoms with E-state index < -0.39 is 0 Å². The van der Waals surface area contributed by atoms with Crippen LogP contribution in [-0.2, 0) is 19.6 Å². The number of para-hydroxylation sites is 1. The number of hydrogen-bond donors (Lipinski definition) is 3. The average Bonchev–Trinajstić information content (AvgIpc) is 2.66. The summed E-state index contributed by atoms with van der Waals surface area (Å²) < 4.78 is 5.38. The summed E-state index contributed by atoms with van der Waals surface area (Å²) in [7, 11) is 1.69. The number of ether oxygens (including phenoxy) is 1. The Bertz CT molecular complexity index is 692. The van der Waals surface area contributed by atoms with Crippen LogP contribution < -0.4 is 15.4 Å². The van der Waals surface area contributed by atoms with Crippen LogP contribution in [0.4, 0.5) is 0 Å². The standard InChI is InChI=1S/C20H27N3O2.HI/c1-3-21-20(23-14-17-9-4-5-10-18(17)15-24)22-13-12-16-8-6-7-11-19(16)25-2;/h4-11,24H,3,12-15H2,1-2H3,(H2,21,22,23);1H. The summed E-state index contributed by atoms with van der Waals surface area (Å²) in [5.74, 6) is 1.67. The molecule has 0 aromatic heterocycles. The summed E-state index contributed by atoms with van der Waals surface area (Å²) in [5.41, 5.74) is 3.11. The zero-order valence-corrected chi connectivity index (χ0v) is 17.7. The first-order valence-electron chi connectivity index (χ1n) is 8.60. The Morgan fingerprint density at radius 1 is 1.00 bits per heavy atom. The van der Waals surface area contributed by atoms with Gasteiger partial charge < -0.3 is 20.5 Å². The third-order valence-corrected chi connectivity index (χ3v) is 3.92. The van der Waals surface area contributed by atoms with E-state index in [9.17, 15) is 5.11 Å². The molecule has 5 nitrogen and oxygen atoms in total. The van der Waals surface area contributed by atoms with E-state index >= 15 is 0 Å². The molecule has 2 aromatic rings. The summed E-state index contributed by atoms with van der Waals surface area (Å²) in [5, 5.41) is 16.0. The van der Waals surface area contributed by atoms with Gasteiger partial charge in [0.05, 0.1) is 20.3 Å². The molecule has 6 heteroatoms. The van der Waals surface area contributed by atoms with Crippen LogP contribution in [0, 0.1) is 0 Å². The van der Waals surface area contributed by atoms with E-state index in [0.717, 1.165) is 42.3 Å². The van der Waals surface area contributed by atoms with Crippen molar-refractivity contribution in [2.24, 2.45) is 4.99 Å². The van der Waals surface area contributed by atoms with E-state index in [-0.39, 0.29) is 30.6 Å². The Balaban J connectivity index is 0.00000338. The molecule has 0 saturated heterocycles. The molecule has 0 atom stereocenters. The lowest BCUT2D eigenvalue weighted by molar-refractivity contribution is 0.280. The fourth-order valence-electron chi connectivity index (χ4n) is 2.60. The van der Waals surface area contributed by atoms with Crippen molar-refractivity contribution in [3.63, 3.8) is 0 Å². The lowest BCUT2D eigenvalue weighted by Gasteiger charge is -2.13. The van der Waals surface area contributed by atoms with Gasteiger partial charge in [0, 0.05) is 13.1 Å². The number of nitrogens with one attached hydrogen (secondary N) is 2. The molecule has 0 aliphatic rings. The number of hydrogen-bond acceptors (Lipinski definition) is 3. The molecule has 0 saturated carbocycles. The molecule has 142 valence electrons. The average molecular weight is 469 g/mol. The summed E-state index contributed by atoms with van der Waals surface area (Å²) in [6.07, 6.45) is 0.849. The lowest BCUT2D eigenvalue weighted by atomic mass is 10.1. The van der Waals surface area contributed by atoms with Gasteiger partial charge in [-0.15, -0.1) is 24.0 Å². The van der Waals surface area contributed by atoms with Crippen molar-refractivity contribution in [1.29, 1.82) is 0 Å². The first kappa shape index (κ1) is 22.2. The van der Waals surface area contributed by atoms with Crippen LogP contribution in [0.1, 0.15) is 23.6 Å². The van der Waals surface area contributed by atoms with Gasteiger partial charge in [-0.25, -0.2) is 4.99 Å².